The van der Waals surface area contributed by atoms with Crippen molar-refractivity contribution in [1.29, 1.82) is 0 Å². The van der Waals surface area contributed by atoms with E-state index in [1.807, 2.05) is 60.9 Å². The van der Waals surface area contributed by atoms with Gasteiger partial charge in [-0.15, -0.1) is 21.9 Å². The first-order valence-corrected chi connectivity index (χ1v) is 18.6. The fourth-order valence-corrected chi connectivity index (χ4v) is 7.51. The minimum Gasteiger partial charge on any atom is -0.232 e. The Bertz CT molecular complexity index is 2940. The van der Waals surface area contributed by atoms with Gasteiger partial charge in [0.2, 0.25) is 18.1 Å². The van der Waals surface area contributed by atoms with Crippen LogP contribution in [-0.4, -0.2) is 6.15 Å². The number of nitrogens with zero attached hydrogens (tertiary/aromatic N) is 1. The first kappa shape index (κ1) is 48.4. The zero-order chi connectivity index (χ0) is 49.8. The molecule has 1 heterocycles. The first-order valence-electron chi connectivity index (χ1n) is 18.6. The zero-order valence-corrected chi connectivity index (χ0v) is 32.7. The summed E-state index contributed by atoms with van der Waals surface area (Å²) >= 11 is 0. The quantitative estimate of drug-likeness (QED) is 0.0510. The number of halogens is 20. The maximum absolute atomic E-state index is 15.4. The predicted molar refractivity (Wildman–Crippen MR) is 201 cm³/mol. The molecule has 0 aliphatic heterocycles. The molecular weight excluding hydrogens is 961 g/mol. The molecule has 0 spiro atoms. The molecule has 0 saturated carbocycles. The molecular formula is C45H16BF20NO. The van der Waals surface area contributed by atoms with E-state index in [-0.39, 0.29) is 0 Å². The second kappa shape index (κ2) is 18.2. The van der Waals surface area contributed by atoms with E-state index < -0.39 is 144 Å². The van der Waals surface area contributed by atoms with E-state index in [1.54, 1.807) is 4.73 Å². The second-order valence-corrected chi connectivity index (χ2v) is 14.2. The van der Waals surface area contributed by atoms with E-state index in [0.717, 1.165) is 11.1 Å². The summed E-state index contributed by atoms with van der Waals surface area (Å²) in [6.45, 7) is 0. The van der Waals surface area contributed by atoms with Crippen molar-refractivity contribution in [3.05, 3.63) is 214 Å². The van der Waals surface area contributed by atoms with Crippen molar-refractivity contribution in [1.82, 2.24) is 0 Å². The van der Waals surface area contributed by atoms with Gasteiger partial charge in [-0.1, -0.05) is 60.7 Å². The molecule has 0 radical (unpaired) electrons. The van der Waals surface area contributed by atoms with Gasteiger partial charge in [0.25, 0.3) is 0 Å². The highest BCUT2D eigenvalue weighted by Crippen LogP contribution is 2.31. The van der Waals surface area contributed by atoms with Gasteiger partial charge in [-0.3, -0.25) is 0 Å². The van der Waals surface area contributed by atoms with E-state index in [1.165, 1.54) is 16.5 Å². The number of pyridine rings is 1. The first-order chi connectivity index (χ1) is 32.1. The monoisotopic (exact) mass is 977 g/mol. The average molecular weight is 977 g/mol. The Kier molecular flexibility index (Phi) is 13.0. The minimum atomic E-state index is -7.22. The van der Waals surface area contributed by atoms with E-state index in [4.69, 9.17) is 4.84 Å². The number of hydrogen-bond acceptors (Lipinski definition) is 1. The van der Waals surface area contributed by atoms with Crippen molar-refractivity contribution in [3.8, 4) is 16.9 Å². The molecule has 0 bridgehead atoms. The van der Waals surface area contributed by atoms with Gasteiger partial charge in [0, 0.05) is 10.8 Å². The van der Waals surface area contributed by atoms with Crippen LogP contribution in [0.25, 0.3) is 21.9 Å². The number of aromatic nitrogens is 1. The van der Waals surface area contributed by atoms with Crippen LogP contribution in [0.3, 0.4) is 0 Å². The van der Waals surface area contributed by atoms with Gasteiger partial charge in [-0.25, -0.2) is 92.6 Å². The molecule has 0 aliphatic rings. The summed E-state index contributed by atoms with van der Waals surface area (Å²) in [6.07, 6.45) is -3.31. The molecule has 2 nitrogen and oxygen atoms in total. The van der Waals surface area contributed by atoms with Gasteiger partial charge in [0.05, 0.1) is 5.39 Å². The molecule has 0 fully saturated rings. The number of hydrogen-bond donors (Lipinski definition) is 0. The van der Waals surface area contributed by atoms with Crippen molar-refractivity contribution in [2.75, 3.05) is 0 Å². The summed E-state index contributed by atoms with van der Waals surface area (Å²) in [5, 5.41) is 2.35. The number of fused-ring (bicyclic) bond motifs is 1. The van der Waals surface area contributed by atoms with Crippen LogP contribution in [0.4, 0.5) is 87.8 Å². The van der Waals surface area contributed by atoms with Crippen molar-refractivity contribution in [2.24, 2.45) is 0 Å². The summed E-state index contributed by atoms with van der Waals surface area (Å²) in [4.78, 5) is 5.89. The number of benzene rings is 7. The molecule has 0 atom stereocenters. The van der Waals surface area contributed by atoms with Crippen molar-refractivity contribution < 1.29 is 97.4 Å². The van der Waals surface area contributed by atoms with Crippen LogP contribution in [-0.2, 0) is 0 Å². The fraction of sp³-hybridized carbons (Fsp3) is 0. The van der Waals surface area contributed by atoms with Crippen LogP contribution in [0.5, 0.6) is 5.75 Å². The van der Waals surface area contributed by atoms with Crippen LogP contribution in [0, 0.1) is 116 Å². The van der Waals surface area contributed by atoms with Gasteiger partial charge in [-0.05, 0) is 34.7 Å². The maximum atomic E-state index is 15.4. The third kappa shape index (κ3) is 7.67. The fourth-order valence-electron chi connectivity index (χ4n) is 7.51. The Morgan fingerprint density at radius 3 is 0.897 bits per heavy atom. The molecule has 1 aromatic heterocycles. The average Bonchev–Trinajstić information content (AvgIpc) is 3.34. The summed E-state index contributed by atoms with van der Waals surface area (Å²) < 4.78 is 296. The van der Waals surface area contributed by atoms with Gasteiger partial charge >= 0.3 is 0 Å². The molecule has 0 saturated heterocycles. The van der Waals surface area contributed by atoms with Crippen LogP contribution in [0.15, 0.2) is 97.3 Å². The predicted octanol–water partition coefficient (Wildman–Crippen LogP) is 10.5. The van der Waals surface area contributed by atoms with Gasteiger partial charge < -0.3 is 0 Å². The Hall–Kier alpha value is -7.59. The third-order valence-corrected chi connectivity index (χ3v) is 10.5. The topological polar surface area (TPSA) is 13.1 Å². The molecule has 0 aliphatic carbocycles. The summed E-state index contributed by atoms with van der Waals surface area (Å²) in [7, 11) is 0. The van der Waals surface area contributed by atoms with Crippen molar-refractivity contribution >= 4 is 38.8 Å². The van der Waals surface area contributed by atoms with Crippen LogP contribution in [0.1, 0.15) is 0 Å². The van der Waals surface area contributed by atoms with Gasteiger partial charge in [0.1, 0.15) is 52.7 Å². The minimum absolute atomic E-state index is 0.810. The third-order valence-electron chi connectivity index (χ3n) is 10.5. The standard InChI is InChI=1S/C24BF20.C21H16NO/c26-5-1(6(27)14(35)21(42)13(5)34)25(2-7(28)15(36)22(43)16(37)8(2)29,3-9(30)17(38)23(44)18(39)10(3)31)4-11(32)19(40)24(45)20(41)12(4)33;1-2-6-17(7-3-1)19-10-12-21(13-11-19)23-22-15-14-18-8-4-5-9-20(18)16-22/h;1-16H/q-1;+1. The lowest BCUT2D eigenvalue weighted by atomic mass is 9.12. The molecule has 0 N–H and O–H groups in total. The largest absolute Gasteiger partial charge is 0.232 e. The molecule has 7 aromatic carbocycles. The highest BCUT2D eigenvalue weighted by atomic mass is 19.2. The Morgan fingerprint density at radius 1 is 0.279 bits per heavy atom. The molecule has 68 heavy (non-hydrogen) atoms. The Morgan fingerprint density at radius 2 is 0.559 bits per heavy atom. The van der Waals surface area contributed by atoms with Gasteiger partial charge in [-0.2, -0.15) is 0 Å². The molecule has 23 heteroatoms. The lowest BCUT2D eigenvalue weighted by Crippen LogP contribution is -2.81. The van der Waals surface area contributed by atoms with Crippen LogP contribution >= 0.6 is 0 Å². The second-order valence-electron chi connectivity index (χ2n) is 14.2. The van der Waals surface area contributed by atoms with Gasteiger partial charge in [0.15, 0.2) is 69.8 Å². The zero-order valence-electron chi connectivity index (χ0n) is 32.7. The van der Waals surface area contributed by atoms with Crippen molar-refractivity contribution in [2.45, 2.75) is 0 Å². The summed E-state index contributed by atoms with van der Waals surface area (Å²) in [5.74, 6) is -70.6. The highest BCUT2D eigenvalue weighted by molar-refractivity contribution is 7.20. The lowest BCUT2D eigenvalue weighted by Gasteiger charge is -2.44. The highest BCUT2D eigenvalue weighted by Gasteiger charge is 2.52. The Balaban J connectivity index is 0.000000246. The SMILES string of the molecule is Fc1c(F)c(F)c([B-](c2c(F)c(F)c(F)c(F)c2F)(c2c(F)c(F)c(F)c(F)c2F)c2c(F)c(F)c(F)c(F)c2F)c(F)c1F.c1ccc(-c2ccc(O[n+]3ccc4ccccc4c3)cc2)cc1. The van der Waals surface area contributed by atoms with Crippen LogP contribution in [0.2, 0.25) is 0 Å². The molecule has 350 valence electrons. The smallest absolute Gasteiger partial charge is 0.230 e. The van der Waals surface area contributed by atoms with E-state index in [0.29, 0.717) is 0 Å². The van der Waals surface area contributed by atoms with E-state index in [2.05, 4.69) is 36.4 Å². The maximum Gasteiger partial charge on any atom is 0.230 e. The van der Waals surface area contributed by atoms with E-state index >= 15 is 35.1 Å². The van der Waals surface area contributed by atoms with E-state index in [9.17, 15) is 52.7 Å². The Labute approximate surface area is 366 Å². The van der Waals surface area contributed by atoms with Crippen LogP contribution < -0.4 is 31.4 Å². The summed E-state index contributed by atoms with van der Waals surface area (Å²) in [5.41, 5.74) is -11.9. The van der Waals surface area contributed by atoms with Crippen molar-refractivity contribution in [3.63, 3.8) is 0 Å². The molecule has 8 rings (SSSR count). The normalized spacial score (nSPS) is 11.5. The molecule has 8 aromatic rings. The summed E-state index contributed by atoms with van der Waals surface area (Å²) in [6, 6.07) is 28.7. The number of rotatable bonds is 7. The lowest BCUT2D eigenvalue weighted by molar-refractivity contribution is -0.874. The molecule has 0 amide bonds. The molecule has 0 unspecified atom stereocenters.